The Labute approximate surface area is 95.6 Å². The van der Waals surface area contributed by atoms with Crippen LogP contribution in [0.25, 0.3) is 0 Å². The van der Waals surface area contributed by atoms with Crippen LogP contribution in [0.5, 0.6) is 0 Å². The summed E-state index contributed by atoms with van der Waals surface area (Å²) in [5, 5.41) is 8.92. The van der Waals surface area contributed by atoms with Gasteiger partial charge in [-0.05, 0) is 31.6 Å². The van der Waals surface area contributed by atoms with Gasteiger partial charge in [0.2, 0.25) is 5.91 Å². The maximum atomic E-state index is 12.1. The number of nitrogens with zero attached hydrogens (tertiary/aromatic N) is 1. The summed E-state index contributed by atoms with van der Waals surface area (Å²) < 4.78 is 0. The van der Waals surface area contributed by atoms with Gasteiger partial charge in [-0.2, -0.15) is 0 Å². The van der Waals surface area contributed by atoms with Crippen LogP contribution in [0.4, 0.5) is 0 Å². The third-order valence-electron chi connectivity index (χ3n) is 4.00. The Morgan fingerprint density at radius 2 is 1.62 bits per heavy atom. The van der Waals surface area contributed by atoms with Crippen LogP contribution in [0.1, 0.15) is 32.6 Å². The van der Waals surface area contributed by atoms with Crippen molar-refractivity contribution in [1.29, 1.82) is 0 Å². The normalized spacial score (nSPS) is 30.9. The van der Waals surface area contributed by atoms with E-state index in [2.05, 4.69) is 6.92 Å². The first-order valence-corrected chi connectivity index (χ1v) is 6.11. The molecule has 0 spiro atoms. The number of carboxylic acids is 1. The molecule has 2 fully saturated rings. The van der Waals surface area contributed by atoms with E-state index in [0.717, 1.165) is 32.4 Å². The number of hydrogen-bond acceptors (Lipinski definition) is 2. The van der Waals surface area contributed by atoms with Gasteiger partial charge in [-0.25, -0.2) is 0 Å². The monoisotopic (exact) mass is 225 g/mol. The molecule has 2 aliphatic rings. The van der Waals surface area contributed by atoms with Gasteiger partial charge in [0, 0.05) is 13.1 Å². The van der Waals surface area contributed by atoms with Crippen molar-refractivity contribution in [1.82, 2.24) is 4.90 Å². The summed E-state index contributed by atoms with van der Waals surface area (Å²) in [5.41, 5.74) is 0. The molecule has 1 amide bonds. The second-order valence-electron chi connectivity index (χ2n) is 5.14. The first-order chi connectivity index (χ1) is 7.59. The summed E-state index contributed by atoms with van der Waals surface area (Å²) >= 11 is 0. The molecule has 1 aliphatic heterocycles. The molecule has 0 aromatic carbocycles. The maximum absolute atomic E-state index is 12.1. The number of amides is 1. The summed E-state index contributed by atoms with van der Waals surface area (Å²) in [4.78, 5) is 24.8. The van der Waals surface area contributed by atoms with Crippen molar-refractivity contribution in [2.45, 2.75) is 32.6 Å². The summed E-state index contributed by atoms with van der Waals surface area (Å²) in [7, 11) is 0. The molecule has 1 heterocycles. The lowest BCUT2D eigenvalue weighted by Crippen LogP contribution is -2.48. The lowest BCUT2D eigenvalue weighted by atomic mass is 9.72. The smallest absolute Gasteiger partial charge is 0.307 e. The lowest BCUT2D eigenvalue weighted by Gasteiger charge is -2.38. The van der Waals surface area contributed by atoms with Crippen LogP contribution in [0.2, 0.25) is 0 Å². The second-order valence-corrected chi connectivity index (χ2v) is 5.14. The quantitative estimate of drug-likeness (QED) is 0.772. The Balaban J connectivity index is 1.90. The molecule has 0 aromatic rings. The van der Waals surface area contributed by atoms with Gasteiger partial charge in [0.1, 0.15) is 0 Å². The zero-order valence-corrected chi connectivity index (χ0v) is 9.69. The summed E-state index contributed by atoms with van der Waals surface area (Å²) in [6, 6.07) is 0. The highest BCUT2D eigenvalue weighted by Gasteiger charge is 2.43. The molecule has 0 radical (unpaired) electrons. The van der Waals surface area contributed by atoms with Crippen LogP contribution in [0.3, 0.4) is 0 Å². The molecule has 0 aromatic heterocycles. The molecule has 1 saturated carbocycles. The molecule has 2 rings (SSSR count). The van der Waals surface area contributed by atoms with Crippen LogP contribution in [0, 0.1) is 17.8 Å². The topological polar surface area (TPSA) is 57.6 Å². The van der Waals surface area contributed by atoms with E-state index in [4.69, 9.17) is 5.11 Å². The van der Waals surface area contributed by atoms with Gasteiger partial charge in [-0.15, -0.1) is 0 Å². The van der Waals surface area contributed by atoms with Crippen LogP contribution in [-0.2, 0) is 9.59 Å². The number of carboxylic acid groups (broad SMARTS) is 1. The van der Waals surface area contributed by atoms with Gasteiger partial charge in [-0.1, -0.05) is 6.92 Å². The van der Waals surface area contributed by atoms with E-state index in [1.165, 1.54) is 0 Å². The van der Waals surface area contributed by atoms with Gasteiger partial charge < -0.3 is 10.0 Å². The van der Waals surface area contributed by atoms with E-state index in [1.807, 2.05) is 4.90 Å². The third kappa shape index (κ3) is 2.06. The minimum absolute atomic E-state index is 0.0746. The Kier molecular flexibility index (Phi) is 3.17. The zero-order chi connectivity index (χ0) is 11.7. The number of carbonyl (C=O) groups excluding carboxylic acids is 1. The van der Waals surface area contributed by atoms with Gasteiger partial charge >= 0.3 is 5.97 Å². The number of carbonyl (C=O) groups is 2. The van der Waals surface area contributed by atoms with Gasteiger partial charge in [0.15, 0.2) is 0 Å². The Morgan fingerprint density at radius 1 is 1.06 bits per heavy atom. The summed E-state index contributed by atoms with van der Waals surface area (Å²) in [6.07, 6.45) is 3.52. The molecule has 1 N–H and O–H groups in total. The van der Waals surface area contributed by atoms with E-state index in [9.17, 15) is 9.59 Å². The van der Waals surface area contributed by atoms with E-state index in [0.29, 0.717) is 12.3 Å². The summed E-state index contributed by atoms with van der Waals surface area (Å²) in [6.45, 7) is 3.82. The number of piperidine rings is 1. The highest BCUT2D eigenvalue weighted by molar-refractivity contribution is 5.86. The molecule has 0 bridgehead atoms. The van der Waals surface area contributed by atoms with Crippen LogP contribution in [-0.4, -0.2) is 35.0 Å². The van der Waals surface area contributed by atoms with E-state index in [1.54, 1.807) is 0 Å². The fourth-order valence-electron chi connectivity index (χ4n) is 2.55. The van der Waals surface area contributed by atoms with E-state index < -0.39 is 11.9 Å². The largest absolute Gasteiger partial charge is 0.481 e. The third-order valence-corrected chi connectivity index (χ3v) is 4.00. The number of rotatable bonds is 2. The van der Waals surface area contributed by atoms with Crippen molar-refractivity contribution in [2.75, 3.05) is 13.1 Å². The fraction of sp³-hybridized carbons (Fsp3) is 0.833. The maximum Gasteiger partial charge on any atom is 0.307 e. The predicted molar refractivity (Wildman–Crippen MR) is 58.8 cm³/mol. The van der Waals surface area contributed by atoms with E-state index >= 15 is 0 Å². The van der Waals surface area contributed by atoms with Crippen LogP contribution in [0.15, 0.2) is 0 Å². The van der Waals surface area contributed by atoms with Crippen molar-refractivity contribution in [3.8, 4) is 0 Å². The minimum atomic E-state index is -0.810. The molecule has 4 nitrogen and oxygen atoms in total. The Morgan fingerprint density at radius 3 is 2.06 bits per heavy atom. The average Bonchev–Trinajstić information content (AvgIpc) is 2.15. The van der Waals surface area contributed by atoms with Crippen molar-refractivity contribution in [2.24, 2.45) is 17.8 Å². The summed E-state index contributed by atoms with van der Waals surface area (Å²) in [5.74, 6) is -0.709. The van der Waals surface area contributed by atoms with Gasteiger partial charge in [-0.3, -0.25) is 9.59 Å². The van der Waals surface area contributed by atoms with Gasteiger partial charge in [0.05, 0.1) is 11.8 Å². The first-order valence-electron chi connectivity index (χ1n) is 6.11. The van der Waals surface area contributed by atoms with Crippen LogP contribution >= 0.6 is 0 Å². The highest BCUT2D eigenvalue weighted by Crippen LogP contribution is 2.36. The van der Waals surface area contributed by atoms with Crippen molar-refractivity contribution in [3.63, 3.8) is 0 Å². The molecule has 16 heavy (non-hydrogen) atoms. The Bertz CT molecular complexity index is 295. The average molecular weight is 225 g/mol. The SMILES string of the molecule is CC1CCN(C(=O)C2CCC2C(=O)O)CC1. The van der Waals surface area contributed by atoms with Crippen LogP contribution < -0.4 is 0 Å². The number of hydrogen-bond donors (Lipinski definition) is 1. The molecule has 4 heteroatoms. The zero-order valence-electron chi connectivity index (χ0n) is 9.69. The van der Waals surface area contributed by atoms with Gasteiger partial charge in [0.25, 0.3) is 0 Å². The molecular formula is C12H19NO3. The minimum Gasteiger partial charge on any atom is -0.481 e. The number of likely N-dealkylation sites (tertiary alicyclic amines) is 1. The van der Waals surface area contributed by atoms with Crippen molar-refractivity contribution < 1.29 is 14.7 Å². The lowest BCUT2D eigenvalue weighted by molar-refractivity contribution is -0.157. The fourth-order valence-corrected chi connectivity index (χ4v) is 2.55. The molecule has 2 unspecified atom stereocenters. The Hall–Kier alpha value is -1.06. The molecular weight excluding hydrogens is 206 g/mol. The highest BCUT2D eigenvalue weighted by atomic mass is 16.4. The van der Waals surface area contributed by atoms with Crippen molar-refractivity contribution >= 4 is 11.9 Å². The predicted octanol–water partition coefficient (Wildman–Crippen LogP) is 1.36. The van der Waals surface area contributed by atoms with E-state index in [-0.39, 0.29) is 11.8 Å². The molecule has 90 valence electrons. The molecule has 1 aliphatic carbocycles. The standard InChI is InChI=1S/C12H19NO3/c1-8-4-6-13(7-5-8)11(14)9-2-3-10(9)12(15)16/h8-10H,2-7H2,1H3,(H,15,16). The molecule has 2 atom stereocenters. The number of aliphatic carboxylic acids is 1. The molecule has 1 saturated heterocycles. The van der Waals surface area contributed by atoms with Crippen molar-refractivity contribution in [3.05, 3.63) is 0 Å². The second kappa shape index (κ2) is 4.44. The first kappa shape index (κ1) is 11.4.